The minimum absolute atomic E-state index is 0.556. The van der Waals surface area contributed by atoms with Gasteiger partial charge in [-0.3, -0.25) is 4.79 Å². The molecule has 2 rings (SSSR count). The average Bonchev–Trinajstić information content (AvgIpc) is 2.41. The van der Waals surface area contributed by atoms with Gasteiger partial charge in [0.2, 0.25) is 0 Å². The Morgan fingerprint density at radius 1 is 1.33 bits per heavy atom. The fraction of sp³-hybridized carbons (Fsp3) is 0.533. The number of anilines is 1. The second kappa shape index (κ2) is 6.24. The van der Waals surface area contributed by atoms with E-state index in [9.17, 15) is 4.79 Å². The van der Waals surface area contributed by atoms with E-state index in [-0.39, 0.29) is 0 Å². The molecule has 0 N–H and O–H groups in total. The molecule has 2 nitrogen and oxygen atoms in total. The predicted octanol–water partition coefficient (Wildman–Crippen LogP) is 4.31. The van der Waals surface area contributed by atoms with Crippen LogP contribution in [-0.4, -0.2) is 18.9 Å². The number of rotatable bonds is 4. The lowest BCUT2D eigenvalue weighted by atomic mass is 9.93. The van der Waals surface area contributed by atoms with Crippen molar-refractivity contribution in [3.63, 3.8) is 0 Å². The Labute approximate surface area is 114 Å². The molecule has 0 amide bonds. The van der Waals surface area contributed by atoms with Gasteiger partial charge in [-0.15, -0.1) is 0 Å². The van der Waals surface area contributed by atoms with Crippen molar-refractivity contribution < 1.29 is 4.79 Å². The molecule has 1 aromatic carbocycles. The lowest BCUT2D eigenvalue weighted by Crippen LogP contribution is -2.37. The van der Waals surface area contributed by atoms with E-state index < -0.39 is 0 Å². The molecule has 0 bridgehead atoms. The first kappa shape index (κ1) is 13.4. The van der Waals surface area contributed by atoms with E-state index in [0.717, 1.165) is 24.1 Å². The smallest absolute Gasteiger partial charge is 0.152 e. The summed E-state index contributed by atoms with van der Waals surface area (Å²) < 4.78 is 0. The molecule has 1 aromatic rings. The molecular weight excluding hydrogens is 246 g/mol. The molecule has 98 valence electrons. The van der Waals surface area contributed by atoms with Crippen LogP contribution in [0.15, 0.2) is 18.2 Å². The van der Waals surface area contributed by atoms with Crippen LogP contribution >= 0.6 is 11.6 Å². The summed E-state index contributed by atoms with van der Waals surface area (Å²) in [6, 6.07) is 6.07. The van der Waals surface area contributed by atoms with E-state index in [4.69, 9.17) is 11.6 Å². The summed E-state index contributed by atoms with van der Waals surface area (Å²) in [6.07, 6.45) is 7.29. The van der Waals surface area contributed by atoms with E-state index in [1.807, 2.05) is 12.1 Å². The molecule has 0 atom stereocenters. The van der Waals surface area contributed by atoms with Crippen LogP contribution in [0.25, 0.3) is 0 Å². The molecule has 0 heterocycles. The van der Waals surface area contributed by atoms with Gasteiger partial charge in [-0.2, -0.15) is 0 Å². The molecule has 3 heteroatoms. The number of hydrogen-bond donors (Lipinski definition) is 0. The highest BCUT2D eigenvalue weighted by atomic mass is 35.5. The Kier molecular flexibility index (Phi) is 4.65. The Morgan fingerprint density at radius 3 is 2.67 bits per heavy atom. The summed E-state index contributed by atoms with van der Waals surface area (Å²) in [5.41, 5.74) is 1.73. The zero-order chi connectivity index (χ0) is 13.0. The third kappa shape index (κ3) is 2.86. The molecular formula is C15H20ClNO. The van der Waals surface area contributed by atoms with Gasteiger partial charge in [-0.1, -0.05) is 30.9 Å². The third-order valence-electron chi connectivity index (χ3n) is 3.79. The van der Waals surface area contributed by atoms with Gasteiger partial charge in [-0.25, -0.2) is 0 Å². The summed E-state index contributed by atoms with van der Waals surface area (Å²) in [5.74, 6) is 0. The normalized spacial score (nSPS) is 16.6. The van der Waals surface area contributed by atoms with Crippen molar-refractivity contribution in [3.8, 4) is 0 Å². The van der Waals surface area contributed by atoms with Gasteiger partial charge in [0.15, 0.2) is 6.29 Å². The standard InChI is InChI=1S/C15H20ClNO/c1-2-17(14-6-4-3-5-7-14)15-10-13(16)9-8-12(15)11-18/h8-11,14H,2-7H2,1H3. The molecule has 1 aliphatic carbocycles. The van der Waals surface area contributed by atoms with Crippen LogP contribution in [0.5, 0.6) is 0 Å². The van der Waals surface area contributed by atoms with Crippen LogP contribution in [0.4, 0.5) is 5.69 Å². The van der Waals surface area contributed by atoms with E-state index in [1.54, 1.807) is 6.07 Å². The van der Waals surface area contributed by atoms with Gasteiger partial charge in [0.1, 0.15) is 0 Å². The average molecular weight is 266 g/mol. The Bertz CT molecular complexity index is 413. The molecule has 1 saturated carbocycles. The van der Waals surface area contributed by atoms with Crippen molar-refractivity contribution in [2.45, 2.75) is 45.1 Å². The van der Waals surface area contributed by atoms with Gasteiger partial charge in [0.05, 0.1) is 0 Å². The van der Waals surface area contributed by atoms with Gasteiger partial charge >= 0.3 is 0 Å². The lowest BCUT2D eigenvalue weighted by Gasteiger charge is -2.36. The highest BCUT2D eigenvalue weighted by Crippen LogP contribution is 2.30. The highest BCUT2D eigenvalue weighted by Gasteiger charge is 2.22. The zero-order valence-electron chi connectivity index (χ0n) is 10.9. The first-order valence-electron chi connectivity index (χ1n) is 6.77. The number of halogens is 1. The van der Waals surface area contributed by atoms with Crippen molar-refractivity contribution in [1.29, 1.82) is 0 Å². The number of carbonyl (C=O) groups excluding carboxylic acids is 1. The second-order valence-electron chi connectivity index (χ2n) is 4.90. The van der Waals surface area contributed by atoms with E-state index in [0.29, 0.717) is 11.1 Å². The van der Waals surface area contributed by atoms with E-state index in [1.165, 1.54) is 32.1 Å². The van der Waals surface area contributed by atoms with Crippen LogP contribution < -0.4 is 4.90 Å². The number of hydrogen-bond acceptors (Lipinski definition) is 2. The van der Waals surface area contributed by atoms with E-state index in [2.05, 4.69) is 11.8 Å². The molecule has 0 aliphatic heterocycles. The Hall–Kier alpha value is -1.02. The fourth-order valence-corrected chi connectivity index (χ4v) is 3.05. The summed E-state index contributed by atoms with van der Waals surface area (Å²) in [4.78, 5) is 13.5. The predicted molar refractivity (Wildman–Crippen MR) is 76.7 cm³/mol. The lowest BCUT2D eigenvalue weighted by molar-refractivity contribution is 0.112. The fourth-order valence-electron chi connectivity index (χ4n) is 2.88. The Balaban J connectivity index is 2.30. The molecule has 0 aromatic heterocycles. The third-order valence-corrected chi connectivity index (χ3v) is 4.02. The Morgan fingerprint density at radius 2 is 2.06 bits per heavy atom. The molecule has 0 spiro atoms. The number of benzene rings is 1. The van der Waals surface area contributed by atoms with Crippen molar-refractivity contribution >= 4 is 23.6 Å². The summed E-state index contributed by atoms with van der Waals surface area (Å²) >= 11 is 6.07. The topological polar surface area (TPSA) is 20.3 Å². The SMILES string of the molecule is CCN(c1cc(Cl)ccc1C=O)C1CCCCC1. The van der Waals surface area contributed by atoms with Crippen LogP contribution in [0.1, 0.15) is 49.4 Å². The van der Waals surface area contributed by atoms with Crippen LogP contribution in [0, 0.1) is 0 Å². The van der Waals surface area contributed by atoms with Crippen molar-refractivity contribution in [3.05, 3.63) is 28.8 Å². The van der Waals surface area contributed by atoms with Crippen molar-refractivity contribution in [2.75, 3.05) is 11.4 Å². The first-order chi connectivity index (χ1) is 8.76. The minimum Gasteiger partial charge on any atom is -0.368 e. The van der Waals surface area contributed by atoms with Crippen LogP contribution in [0.3, 0.4) is 0 Å². The van der Waals surface area contributed by atoms with Crippen LogP contribution in [0.2, 0.25) is 5.02 Å². The molecule has 0 radical (unpaired) electrons. The van der Waals surface area contributed by atoms with E-state index >= 15 is 0 Å². The van der Waals surface area contributed by atoms with Gasteiger partial charge in [-0.05, 0) is 38.0 Å². The molecule has 18 heavy (non-hydrogen) atoms. The number of nitrogens with zero attached hydrogens (tertiary/aromatic N) is 1. The van der Waals surface area contributed by atoms with Crippen LogP contribution in [-0.2, 0) is 0 Å². The maximum absolute atomic E-state index is 11.2. The minimum atomic E-state index is 0.556. The number of carbonyl (C=O) groups is 1. The molecule has 0 saturated heterocycles. The summed E-state index contributed by atoms with van der Waals surface area (Å²) in [7, 11) is 0. The van der Waals surface area contributed by atoms with Crippen molar-refractivity contribution in [1.82, 2.24) is 0 Å². The van der Waals surface area contributed by atoms with Crippen molar-refractivity contribution in [2.24, 2.45) is 0 Å². The molecule has 1 aliphatic rings. The summed E-state index contributed by atoms with van der Waals surface area (Å²) in [6.45, 7) is 3.07. The monoisotopic (exact) mass is 265 g/mol. The second-order valence-corrected chi connectivity index (χ2v) is 5.34. The van der Waals surface area contributed by atoms with Gasteiger partial charge in [0, 0.05) is 28.9 Å². The van der Waals surface area contributed by atoms with Gasteiger partial charge < -0.3 is 4.90 Å². The summed E-state index contributed by atoms with van der Waals surface area (Å²) in [5, 5.41) is 0.699. The zero-order valence-corrected chi connectivity index (χ0v) is 11.6. The maximum atomic E-state index is 11.2. The quantitative estimate of drug-likeness (QED) is 0.756. The number of aldehydes is 1. The van der Waals surface area contributed by atoms with Gasteiger partial charge in [0.25, 0.3) is 0 Å². The largest absolute Gasteiger partial charge is 0.368 e. The highest BCUT2D eigenvalue weighted by molar-refractivity contribution is 6.31. The molecule has 0 unspecified atom stereocenters. The molecule has 1 fully saturated rings. The maximum Gasteiger partial charge on any atom is 0.152 e. The first-order valence-corrected chi connectivity index (χ1v) is 7.15.